The van der Waals surface area contributed by atoms with Crippen LogP contribution < -0.4 is 16.8 Å². The molecule has 0 saturated heterocycles. The molecule has 6 heteroatoms. The number of hydrogen-bond acceptors (Lipinski definition) is 3. The van der Waals surface area contributed by atoms with Crippen LogP contribution in [0.3, 0.4) is 0 Å². The first-order valence-corrected chi connectivity index (χ1v) is 9.78. The fourth-order valence-electron chi connectivity index (χ4n) is 2.41. The zero-order valence-electron chi connectivity index (χ0n) is 17.3. The van der Waals surface area contributed by atoms with Crippen molar-refractivity contribution in [1.29, 1.82) is 0 Å². The molecule has 1 aromatic rings. The average Bonchev–Trinajstić information content (AvgIpc) is 2.61. The number of nitrogens with zero attached hydrogens (tertiary/aromatic N) is 1. The van der Waals surface area contributed by atoms with Crippen LogP contribution in [0.25, 0.3) is 0 Å². The largest absolute Gasteiger partial charge is 0.370 e. The smallest absolute Gasteiger partial charge is 0.224 e. The molecular weight excluding hydrogens is 340 g/mol. The van der Waals surface area contributed by atoms with Crippen molar-refractivity contribution in [1.82, 2.24) is 0 Å². The summed E-state index contributed by atoms with van der Waals surface area (Å²) >= 11 is 0. The normalized spacial score (nSPS) is 11.0. The van der Waals surface area contributed by atoms with Crippen molar-refractivity contribution < 1.29 is 9.59 Å². The molecule has 0 saturated carbocycles. The Morgan fingerprint density at radius 2 is 1.67 bits per heavy atom. The van der Waals surface area contributed by atoms with E-state index in [2.05, 4.69) is 24.2 Å². The molecule has 0 spiro atoms. The zero-order chi connectivity index (χ0) is 20.7. The Labute approximate surface area is 163 Å². The van der Waals surface area contributed by atoms with Crippen molar-refractivity contribution in [3.8, 4) is 0 Å². The first kappa shape index (κ1) is 24.6. The highest BCUT2D eigenvalue weighted by Gasteiger charge is 2.12. The van der Waals surface area contributed by atoms with E-state index < -0.39 is 0 Å². The third-order valence-electron chi connectivity index (χ3n) is 3.89. The molecule has 0 aliphatic rings. The number of nitrogens with one attached hydrogen (secondary N) is 1. The highest BCUT2D eigenvalue weighted by atomic mass is 16.1. The number of carbonyl (C=O) groups is 2. The van der Waals surface area contributed by atoms with E-state index in [0.29, 0.717) is 13.0 Å². The lowest BCUT2D eigenvalue weighted by atomic mass is 9.93. The van der Waals surface area contributed by atoms with Crippen molar-refractivity contribution in [2.45, 2.75) is 66.2 Å². The van der Waals surface area contributed by atoms with Gasteiger partial charge in [0, 0.05) is 24.6 Å². The minimum Gasteiger partial charge on any atom is -0.370 e. The Morgan fingerprint density at radius 3 is 2.15 bits per heavy atom. The molecule has 6 nitrogen and oxygen atoms in total. The van der Waals surface area contributed by atoms with Crippen molar-refractivity contribution in [2.75, 3.05) is 11.9 Å². The summed E-state index contributed by atoms with van der Waals surface area (Å²) in [5, 5.41) is 2.87. The van der Waals surface area contributed by atoms with Crippen molar-refractivity contribution in [2.24, 2.45) is 22.4 Å². The summed E-state index contributed by atoms with van der Waals surface area (Å²) < 4.78 is 0. The van der Waals surface area contributed by atoms with Crippen LogP contribution >= 0.6 is 0 Å². The molecule has 0 aliphatic carbocycles. The molecule has 0 aromatic heterocycles. The van der Waals surface area contributed by atoms with Gasteiger partial charge in [0.25, 0.3) is 0 Å². The number of amides is 1. The molecule has 27 heavy (non-hydrogen) atoms. The number of anilines is 1. The second kappa shape index (κ2) is 14.8. The molecular formula is C21H36N4O2. The minimum atomic E-state index is -0.0254. The van der Waals surface area contributed by atoms with Gasteiger partial charge in [0.15, 0.2) is 5.96 Å². The van der Waals surface area contributed by atoms with Gasteiger partial charge in [-0.2, -0.15) is 0 Å². The van der Waals surface area contributed by atoms with E-state index in [0.717, 1.165) is 36.9 Å². The lowest BCUT2D eigenvalue weighted by Crippen LogP contribution is -2.23. The Balaban J connectivity index is 0.00000210. The van der Waals surface area contributed by atoms with Gasteiger partial charge < -0.3 is 16.8 Å². The van der Waals surface area contributed by atoms with Crippen LogP contribution in [0, 0.1) is 5.92 Å². The Kier molecular flexibility index (Phi) is 13.5. The molecule has 152 valence electrons. The predicted octanol–water partition coefficient (Wildman–Crippen LogP) is 3.64. The van der Waals surface area contributed by atoms with E-state index in [1.165, 1.54) is 6.42 Å². The summed E-state index contributed by atoms with van der Waals surface area (Å²) in [5.74, 6) is 0.337. The number of ketones is 1. The third kappa shape index (κ3) is 12.6. The SMILES string of the molecule is CCC.CCC(Cc1ccc(NC(=O)CCCCN=C(N)N)cc1)C(C)=O. The van der Waals surface area contributed by atoms with Gasteiger partial charge in [0.1, 0.15) is 5.78 Å². The fourth-order valence-corrected chi connectivity index (χ4v) is 2.41. The highest BCUT2D eigenvalue weighted by Crippen LogP contribution is 2.16. The number of carbonyl (C=O) groups excluding carboxylic acids is 2. The van der Waals surface area contributed by atoms with Gasteiger partial charge in [-0.25, -0.2) is 0 Å². The van der Waals surface area contributed by atoms with Gasteiger partial charge in [-0.3, -0.25) is 14.6 Å². The predicted molar refractivity (Wildman–Crippen MR) is 114 cm³/mol. The Hall–Kier alpha value is -2.37. The molecule has 5 N–H and O–H groups in total. The maximum absolute atomic E-state index is 11.9. The quantitative estimate of drug-likeness (QED) is 0.329. The van der Waals surface area contributed by atoms with Gasteiger partial charge in [0.05, 0.1) is 0 Å². The van der Waals surface area contributed by atoms with Crippen molar-refractivity contribution in [3.63, 3.8) is 0 Å². The van der Waals surface area contributed by atoms with E-state index in [1.807, 2.05) is 31.2 Å². The van der Waals surface area contributed by atoms with Gasteiger partial charge in [0.2, 0.25) is 5.91 Å². The number of hydrogen-bond donors (Lipinski definition) is 3. The molecule has 0 fully saturated rings. The number of guanidine groups is 1. The number of Topliss-reactive ketones (excluding diaryl/α,β-unsaturated/α-hetero) is 1. The monoisotopic (exact) mass is 376 g/mol. The second-order valence-corrected chi connectivity index (χ2v) is 6.64. The minimum absolute atomic E-state index is 0.0254. The molecule has 0 heterocycles. The van der Waals surface area contributed by atoms with Gasteiger partial charge >= 0.3 is 0 Å². The third-order valence-corrected chi connectivity index (χ3v) is 3.89. The molecule has 1 atom stereocenters. The number of rotatable bonds is 10. The fraction of sp³-hybridized carbons (Fsp3) is 0.571. The number of aliphatic imine (C=N–C) groups is 1. The lowest BCUT2D eigenvalue weighted by molar-refractivity contribution is -0.120. The summed E-state index contributed by atoms with van der Waals surface area (Å²) in [6.07, 6.45) is 4.77. The first-order valence-electron chi connectivity index (χ1n) is 9.78. The molecule has 0 bridgehead atoms. The molecule has 1 amide bonds. The second-order valence-electron chi connectivity index (χ2n) is 6.64. The summed E-state index contributed by atoms with van der Waals surface area (Å²) in [5.41, 5.74) is 12.3. The summed E-state index contributed by atoms with van der Waals surface area (Å²) in [6.45, 7) is 8.45. The Morgan fingerprint density at radius 1 is 1.07 bits per heavy atom. The Bertz CT molecular complexity index is 578. The number of unbranched alkanes of at least 4 members (excludes halogenated alkanes) is 1. The molecule has 0 aliphatic heterocycles. The van der Waals surface area contributed by atoms with Crippen LogP contribution in [-0.2, 0) is 16.0 Å². The van der Waals surface area contributed by atoms with Gasteiger partial charge in [-0.1, -0.05) is 39.3 Å². The summed E-state index contributed by atoms with van der Waals surface area (Å²) in [6, 6.07) is 7.67. The van der Waals surface area contributed by atoms with Crippen molar-refractivity contribution in [3.05, 3.63) is 29.8 Å². The van der Waals surface area contributed by atoms with Crippen LogP contribution in [-0.4, -0.2) is 24.2 Å². The van der Waals surface area contributed by atoms with E-state index in [-0.39, 0.29) is 23.6 Å². The van der Waals surface area contributed by atoms with Gasteiger partial charge in [-0.15, -0.1) is 0 Å². The van der Waals surface area contributed by atoms with E-state index in [9.17, 15) is 9.59 Å². The molecule has 1 unspecified atom stereocenters. The highest BCUT2D eigenvalue weighted by molar-refractivity contribution is 5.90. The molecule has 1 rings (SSSR count). The van der Waals surface area contributed by atoms with E-state index in [1.54, 1.807) is 6.92 Å². The lowest BCUT2D eigenvalue weighted by Gasteiger charge is -2.12. The van der Waals surface area contributed by atoms with E-state index >= 15 is 0 Å². The number of nitrogens with two attached hydrogens (primary N) is 2. The topological polar surface area (TPSA) is 111 Å². The maximum Gasteiger partial charge on any atom is 0.224 e. The first-order chi connectivity index (χ1) is 12.8. The van der Waals surface area contributed by atoms with Crippen molar-refractivity contribution >= 4 is 23.3 Å². The average molecular weight is 377 g/mol. The van der Waals surface area contributed by atoms with Crippen LogP contribution in [0.5, 0.6) is 0 Å². The van der Waals surface area contributed by atoms with Crippen LogP contribution in [0.2, 0.25) is 0 Å². The molecule has 0 radical (unpaired) electrons. The summed E-state index contributed by atoms with van der Waals surface area (Å²) in [7, 11) is 0. The maximum atomic E-state index is 11.9. The van der Waals surface area contributed by atoms with Crippen LogP contribution in [0.4, 0.5) is 5.69 Å². The van der Waals surface area contributed by atoms with Crippen LogP contribution in [0.1, 0.15) is 65.4 Å². The van der Waals surface area contributed by atoms with Gasteiger partial charge in [-0.05, 0) is 50.3 Å². The van der Waals surface area contributed by atoms with E-state index in [4.69, 9.17) is 11.5 Å². The molecule has 1 aromatic carbocycles. The zero-order valence-corrected chi connectivity index (χ0v) is 17.3. The van der Waals surface area contributed by atoms with Crippen LogP contribution in [0.15, 0.2) is 29.3 Å². The standard InChI is InChI=1S/C18H28N4O2.C3H8/c1-3-15(13(2)23)12-14-7-9-16(10-8-14)22-17(24)6-4-5-11-21-18(19)20;1-3-2/h7-10,15H,3-6,11-12H2,1-2H3,(H,22,24)(H4,19,20,21);3H2,1-2H3. The number of benzene rings is 1. The summed E-state index contributed by atoms with van der Waals surface area (Å²) in [4.78, 5) is 27.2.